The molecule has 2 aliphatic heterocycles. The lowest BCUT2D eigenvalue weighted by molar-refractivity contribution is -0.129. The summed E-state index contributed by atoms with van der Waals surface area (Å²) in [7, 11) is 0. The van der Waals surface area contributed by atoms with E-state index in [2.05, 4.69) is 5.32 Å². The van der Waals surface area contributed by atoms with E-state index in [0.29, 0.717) is 32.0 Å². The van der Waals surface area contributed by atoms with E-state index in [0.717, 1.165) is 11.3 Å². The minimum atomic E-state index is -0.321. The molecule has 2 aromatic carbocycles. The third kappa shape index (κ3) is 4.05. The van der Waals surface area contributed by atoms with Gasteiger partial charge in [0.1, 0.15) is 12.7 Å². The summed E-state index contributed by atoms with van der Waals surface area (Å²) in [6, 6.07) is 17.3. The van der Waals surface area contributed by atoms with Crippen LogP contribution in [0.3, 0.4) is 0 Å². The van der Waals surface area contributed by atoms with Gasteiger partial charge in [0.2, 0.25) is 11.8 Å². The number of hydrogen-bond acceptors (Lipinski definition) is 4. The number of likely N-dealkylation sites (tertiary alicyclic amines) is 1. The lowest BCUT2D eigenvalue weighted by atomic mass is 10.1. The minimum absolute atomic E-state index is 0.0187. The lowest BCUT2D eigenvalue weighted by Crippen LogP contribution is -2.43. The first-order valence-electron chi connectivity index (χ1n) is 9.17. The Morgan fingerprint density at radius 3 is 2.63 bits per heavy atom. The van der Waals surface area contributed by atoms with Crippen LogP contribution >= 0.6 is 0 Å². The first-order chi connectivity index (χ1) is 13.2. The molecule has 0 aliphatic carbocycles. The third-order valence-electron chi connectivity index (χ3n) is 4.87. The molecule has 2 heterocycles. The number of ether oxygens (including phenoxy) is 2. The summed E-state index contributed by atoms with van der Waals surface area (Å²) in [5.41, 5.74) is 1.07. The van der Waals surface area contributed by atoms with Gasteiger partial charge in [0.15, 0.2) is 11.5 Å². The van der Waals surface area contributed by atoms with E-state index in [1.54, 1.807) is 4.90 Å². The third-order valence-corrected chi connectivity index (χ3v) is 4.87. The quantitative estimate of drug-likeness (QED) is 0.879. The zero-order valence-corrected chi connectivity index (χ0v) is 15.0. The van der Waals surface area contributed by atoms with E-state index < -0.39 is 0 Å². The second-order valence-corrected chi connectivity index (χ2v) is 6.90. The van der Waals surface area contributed by atoms with Gasteiger partial charge in [-0.15, -0.1) is 0 Å². The maximum Gasteiger partial charge on any atom is 0.225 e. The second-order valence-electron chi connectivity index (χ2n) is 6.90. The molecule has 2 atom stereocenters. The highest BCUT2D eigenvalue weighted by atomic mass is 16.6. The summed E-state index contributed by atoms with van der Waals surface area (Å²) in [6.45, 7) is 1.74. The van der Waals surface area contributed by atoms with E-state index in [1.807, 2.05) is 54.6 Å². The molecule has 1 saturated heterocycles. The van der Waals surface area contributed by atoms with Crippen LogP contribution in [0.4, 0.5) is 0 Å². The van der Waals surface area contributed by atoms with Crippen molar-refractivity contribution in [2.45, 2.75) is 19.1 Å². The van der Waals surface area contributed by atoms with Crippen LogP contribution in [0.1, 0.15) is 12.0 Å². The van der Waals surface area contributed by atoms with Crippen molar-refractivity contribution in [1.29, 1.82) is 0 Å². The minimum Gasteiger partial charge on any atom is -0.486 e. The van der Waals surface area contributed by atoms with Crippen LogP contribution in [0, 0.1) is 5.92 Å². The number of nitrogens with one attached hydrogen (secondary N) is 1. The van der Waals surface area contributed by atoms with Crippen LogP contribution in [0.25, 0.3) is 0 Å². The molecule has 0 aromatic heterocycles. The van der Waals surface area contributed by atoms with Crippen molar-refractivity contribution in [3.8, 4) is 11.5 Å². The topological polar surface area (TPSA) is 67.9 Å². The number of nitrogens with zero attached hydrogens (tertiary/aromatic N) is 1. The molecule has 2 aliphatic rings. The summed E-state index contributed by atoms with van der Waals surface area (Å²) >= 11 is 0. The van der Waals surface area contributed by atoms with Crippen molar-refractivity contribution in [3.63, 3.8) is 0 Å². The molecule has 0 unspecified atom stereocenters. The SMILES string of the molecule is O=C(NC[C@@H]1COc2ccccc2O1)[C@H]1CC(=O)N(Cc2ccccc2)C1. The Labute approximate surface area is 158 Å². The Morgan fingerprint density at radius 2 is 1.81 bits per heavy atom. The predicted molar refractivity (Wildman–Crippen MR) is 99.3 cm³/mol. The van der Waals surface area contributed by atoms with Gasteiger partial charge in [-0.3, -0.25) is 9.59 Å². The first-order valence-corrected chi connectivity index (χ1v) is 9.17. The molecule has 1 N–H and O–H groups in total. The van der Waals surface area contributed by atoms with Crippen LogP contribution in [0.15, 0.2) is 54.6 Å². The molecular weight excluding hydrogens is 344 g/mol. The molecule has 6 heteroatoms. The number of fused-ring (bicyclic) bond motifs is 1. The van der Waals surface area contributed by atoms with E-state index in [9.17, 15) is 9.59 Å². The van der Waals surface area contributed by atoms with Crippen molar-refractivity contribution in [3.05, 3.63) is 60.2 Å². The van der Waals surface area contributed by atoms with Crippen LogP contribution in [-0.2, 0) is 16.1 Å². The lowest BCUT2D eigenvalue weighted by Gasteiger charge is -2.26. The first kappa shape index (κ1) is 17.4. The average Bonchev–Trinajstić information content (AvgIpc) is 3.07. The van der Waals surface area contributed by atoms with E-state index >= 15 is 0 Å². The van der Waals surface area contributed by atoms with Gasteiger partial charge in [-0.1, -0.05) is 42.5 Å². The zero-order chi connectivity index (χ0) is 18.6. The predicted octanol–water partition coefficient (Wildman–Crippen LogP) is 1.99. The van der Waals surface area contributed by atoms with Gasteiger partial charge < -0.3 is 19.7 Å². The van der Waals surface area contributed by atoms with Crippen molar-refractivity contribution >= 4 is 11.8 Å². The van der Waals surface area contributed by atoms with Gasteiger partial charge in [-0.2, -0.15) is 0 Å². The molecule has 2 amide bonds. The molecule has 0 spiro atoms. The maximum atomic E-state index is 12.5. The highest BCUT2D eigenvalue weighted by molar-refractivity contribution is 5.89. The van der Waals surface area contributed by atoms with Crippen LogP contribution < -0.4 is 14.8 Å². The number of carbonyl (C=O) groups is 2. The van der Waals surface area contributed by atoms with Crippen molar-refractivity contribution in [1.82, 2.24) is 10.2 Å². The van der Waals surface area contributed by atoms with Crippen molar-refractivity contribution in [2.24, 2.45) is 5.92 Å². The van der Waals surface area contributed by atoms with Crippen LogP contribution in [0.2, 0.25) is 0 Å². The molecule has 2 aromatic rings. The van der Waals surface area contributed by atoms with Gasteiger partial charge in [0.25, 0.3) is 0 Å². The van der Waals surface area contributed by atoms with Crippen LogP contribution in [-0.4, -0.2) is 42.5 Å². The van der Waals surface area contributed by atoms with Crippen molar-refractivity contribution in [2.75, 3.05) is 19.7 Å². The highest BCUT2D eigenvalue weighted by Crippen LogP contribution is 2.30. The molecule has 0 radical (unpaired) electrons. The molecule has 0 bridgehead atoms. The van der Waals surface area contributed by atoms with Gasteiger partial charge in [0, 0.05) is 19.5 Å². The number of rotatable bonds is 5. The molecule has 0 saturated carbocycles. The Kier molecular flexibility index (Phi) is 4.96. The summed E-state index contributed by atoms with van der Waals surface area (Å²) < 4.78 is 11.5. The van der Waals surface area contributed by atoms with Gasteiger partial charge in [-0.25, -0.2) is 0 Å². The molecule has 4 rings (SSSR count). The van der Waals surface area contributed by atoms with Gasteiger partial charge in [0.05, 0.1) is 12.5 Å². The Morgan fingerprint density at radius 1 is 1.07 bits per heavy atom. The number of hydrogen-bond donors (Lipinski definition) is 1. The Hall–Kier alpha value is -3.02. The monoisotopic (exact) mass is 366 g/mol. The number of para-hydroxylation sites is 2. The standard InChI is InChI=1S/C21H22N2O4/c24-20-10-16(13-23(20)12-15-6-2-1-3-7-15)21(25)22-11-17-14-26-18-8-4-5-9-19(18)27-17/h1-9,16-17H,10-14H2,(H,22,25)/t16-,17+/m0/s1. The average molecular weight is 366 g/mol. The summed E-state index contributed by atoms with van der Waals surface area (Å²) in [5, 5.41) is 2.91. The molecular formula is C21H22N2O4. The van der Waals surface area contributed by atoms with Crippen LogP contribution in [0.5, 0.6) is 11.5 Å². The summed E-state index contributed by atoms with van der Waals surface area (Å²) in [6.07, 6.45) is 0.0187. The smallest absolute Gasteiger partial charge is 0.225 e. The highest BCUT2D eigenvalue weighted by Gasteiger charge is 2.34. The van der Waals surface area contributed by atoms with E-state index in [4.69, 9.17) is 9.47 Å². The largest absolute Gasteiger partial charge is 0.486 e. The van der Waals surface area contributed by atoms with Gasteiger partial charge >= 0.3 is 0 Å². The second kappa shape index (κ2) is 7.70. The fraction of sp³-hybridized carbons (Fsp3) is 0.333. The summed E-state index contributed by atoms with van der Waals surface area (Å²) in [5.74, 6) is 0.996. The normalized spacial score (nSPS) is 21.2. The fourth-order valence-corrected chi connectivity index (χ4v) is 3.43. The van der Waals surface area contributed by atoms with Gasteiger partial charge in [-0.05, 0) is 17.7 Å². The number of carbonyl (C=O) groups excluding carboxylic acids is 2. The molecule has 27 heavy (non-hydrogen) atoms. The molecule has 140 valence electrons. The Bertz CT molecular complexity index is 824. The Balaban J connectivity index is 1.27. The zero-order valence-electron chi connectivity index (χ0n) is 15.0. The number of amides is 2. The molecule has 1 fully saturated rings. The number of benzene rings is 2. The van der Waals surface area contributed by atoms with E-state index in [-0.39, 0.29) is 30.3 Å². The maximum absolute atomic E-state index is 12.5. The summed E-state index contributed by atoms with van der Waals surface area (Å²) in [4.78, 5) is 26.5. The van der Waals surface area contributed by atoms with E-state index in [1.165, 1.54) is 0 Å². The van der Waals surface area contributed by atoms with Crippen molar-refractivity contribution < 1.29 is 19.1 Å². The molecule has 6 nitrogen and oxygen atoms in total. The fourth-order valence-electron chi connectivity index (χ4n) is 3.43.